The van der Waals surface area contributed by atoms with Crippen molar-refractivity contribution >= 4 is 17.4 Å². The molecule has 154 valence electrons. The van der Waals surface area contributed by atoms with Gasteiger partial charge in [-0.25, -0.2) is 4.98 Å². The number of hydrogen-bond donors (Lipinski definition) is 1. The number of nitrogens with one attached hydrogen (secondary N) is 1. The first kappa shape index (κ1) is 21.0. The Morgan fingerprint density at radius 1 is 1.24 bits per heavy atom. The van der Waals surface area contributed by atoms with Crippen molar-refractivity contribution in [1.82, 2.24) is 19.8 Å². The Morgan fingerprint density at radius 3 is 2.83 bits per heavy atom. The number of anilines is 2. The molecule has 0 radical (unpaired) electrons. The molecular formula is C23H31N5O. The maximum absolute atomic E-state index is 12.5. The fraction of sp³-hybridized carbons (Fsp3) is 0.435. The summed E-state index contributed by atoms with van der Waals surface area (Å²) >= 11 is 0. The summed E-state index contributed by atoms with van der Waals surface area (Å²) in [6, 6.07) is 10.1. The van der Waals surface area contributed by atoms with Gasteiger partial charge in [0.05, 0.1) is 0 Å². The topological polar surface area (TPSA) is 61.4 Å². The predicted octanol–water partition coefficient (Wildman–Crippen LogP) is 3.66. The Labute approximate surface area is 173 Å². The van der Waals surface area contributed by atoms with Gasteiger partial charge in [0, 0.05) is 54.4 Å². The third-order valence-electron chi connectivity index (χ3n) is 5.02. The average Bonchev–Trinajstić information content (AvgIpc) is 2.67. The Hall–Kier alpha value is -2.73. The number of likely N-dealkylation sites (tertiary alicyclic amines) is 1. The quantitative estimate of drug-likeness (QED) is 0.759. The van der Waals surface area contributed by atoms with Crippen LogP contribution in [0.4, 0.5) is 11.5 Å². The summed E-state index contributed by atoms with van der Waals surface area (Å²) in [5.74, 6) is 1.17. The molecule has 0 saturated carbocycles. The standard InChI is InChI=1S/C23H31N5O/c1-17-8-5-10-22(25-17)26-20-14-18(2)24-21(15-20)19-9-6-13-28(16-19)23(29)11-7-12-27(3)4/h5,7-8,10-11,14-15,19H,6,9,12-13,16H2,1-4H3,(H,24,25,26)/b11-7+/t19-/m0/s1. The Morgan fingerprint density at radius 2 is 2.07 bits per heavy atom. The van der Waals surface area contributed by atoms with Gasteiger partial charge in [0.2, 0.25) is 5.91 Å². The number of nitrogens with zero attached hydrogens (tertiary/aromatic N) is 4. The summed E-state index contributed by atoms with van der Waals surface area (Å²) in [6.07, 6.45) is 5.66. The number of carbonyl (C=O) groups is 1. The van der Waals surface area contributed by atoms with Crippen LogP contribution >= 0.6 is 0 Å². The van der Waals surface area contributed by atoms with E-state index >= 15 is 0 Å². The Bertz CT molecular complexity index is 877. The van der Waals surface area contributed by atoms with Crippen LogP contribution < -0.4 is 5.32 Å². The number of rotatable bonds is 6. The molecule has 1 atom stereocenters. The van der Waals surface area contributed by atoms with E-state index in [1.165, 1.54) is 0 Å². The average molecular weight is 394 g/mol. The van der Waals surface area contributed by atoms with Gasteiger partial charge in [0.15, 0.2) is 0 Å². The minimum atomic E-state index is 0.0894. The van der Waals surface area contributed by atoms with Gasteiger partial charge < -0.3 is 15.1 Å². The van der Waals surface area contributed by atoms with Gasteiger partial charge in [-0.2, -0.15) is 0 Å². The molecule has 1 N–H and O–H groups in total. The maximum atomic E-state index is 12.5. The van der Waals surface area contributed by atoms with Gasteiger partial charge in [-0.15, -0.1) is 0 Å². The van der Waals surface area contributed by atoms with Crippen molar-refractivity contribution in [2.45, 2.75) is 32.6 Å². The number of pyridine rings is 2. The summed E-state index contributed by atoms with van der Waals surface area (Å²) in [6.45, 7) is 6.28. The molecule has 1 fully saturated rings. The molecule has 1 saturated heterocycles. The first-order chi connectivity index (χ1) is 13.9. The van der Waals surface area contributed by atoms with Crippen LogP contribution in [-0.2, 0) is 4.79 Å². The smallest absolute Gasteiger partial charge is 0.246 e. The fourth-order valence-corrected chi connectivity index (χ4v) is 3.62. The van der Waals surface area contributed by atoms with Crippen molar-refractivity contribution in [3.8, 4) is 0 Å². The van der Waals surface area contributed by atoms with Crippen LogP contribution in [0.5, 0.6) is 0 Å². The molecule has 0 unspecified atom stereocenters. The van der Waals surface area contributed by atoms with Gasteiger partial charge in [-0.3, -0.25) is 9.78 Å². The minimum Gasteiger partial charge on any atom is -0.340 e. The third-order valence-corrected chi connectivity index (χ3v) is 5.02. The van der Waals surface area contributed by atoms with Gasteiger partial charge in [0.25, 0.3) is 0 Å². The second-order valence-corrected chi connectivity index (χ2v) is 8.00. The molecule has 3 heterocycles. The number of hydrogen-bond acceptors (Lipinski definition) is 5. The first-order valence-corrected chi connectivity index (χ1v) is 10.2. The lowest BCUT2D eigenvalue weighted by atomic mass is 9.93. The van der Waals surface area contributed by atoms with E-state index in [4.69, 9.17) is 4.98 Å². The molecule has 1 aliphatic rings. The fourth-order valence-electron chi connectivity index (χ4n) is 3.62. The molecule has 2 aromatic rings. The summed E-state index contributed by atoms with van der Waals surface area (Å²) in [5.41, 5.74) is 3.96. The molecule has 0 aliphatic carbocycles. The van der Waals surface area contributed by atoms with Crippen LogP contribution in [0.1, 0.15) is 35.8 Å². The normalized spacial score (nSPS) is 17.1. The maximum Gasteiger partial charge on any atom is 0.246 e. The zero-order valence-corrected chi connectivity index (χ0v) is 17.9. The van der Waals surface area contributed by atoms with E-state index in [2.05, 4.69) is 16.4 Å². The van der Waals surface area contributed by atoms with E-state index < -0.39 is 0 Å². The number of aryl methyl sites for hydroxylation is 2. The zero-order chi connectivity index (χ0) is 20.8. The number of piperidine rings is 1. The van der Waals surface area contributed by atoms with E-state index in [0.29, 0.717) is 6.54 Å². The summed E-state index contributed by atoms with van der Waals surface area (Å²) in [4.78, 5) is 25.8. The highest BCUT2D eigenvalue weighted by molar-refractivity contribution is 5.87. The third kappa shape index (κ3) is 6.12. The molecule has 2 aromatic heterocycles. The highest BCUT2D eigenvalue weighted by atomic mass is 16.2. The van der Waals surface area contributed by atoms with Crippen LogP contribution in [0.3, 0.4) is 0 Å². The summed E-state index contributed by atoms with van der Waals surface area (Å²) in [7, 11) is 3.99. The molecule has 6 nitrogen and oxygen atoms in total. The lowest BCUT2D eigenvalue weighted by Crippen LogP contribution is -2.38. The summed E-state index contributed by atoms with van der Waals surface area (Å²) < 4.78 is 0. The molecule has 3 rings (SSSR count). The Kier molecular flexibility index (Phi) is 6.99. The predicted molar refractivity (Wildman–Crippen MR) is 117 cm³/mol. The van der Waals surface area contributed by atoms with E-state index in [9.17, 15) is 4.79 Å². The van der Waals surface area contributed by atoms with E-state index in [1.54, 1.807) is 6.08 Å². The molecule has 6 heteroatoms. The van der Waals surface area contributed by atoms with Crippen molar-refractivity contribution in [3.63, 3.8) is 0 Å². The first-order valence-electron chi connectivity index (χ1n) is 10.2. The number of likely N-dealkylation sites (N-methyl/N-ethyl adjacent to an activating group) is 1. The second kappa shape index (κ2) is 9.65. The molecule has 0 spiro atoms. The highest BCUT2D eigenvalue weighted by Gasteiger charge is 2.25. The zero-order valence-electron chi connectivity index (χ0n) is 17.9. The molecule has 1 amide bonds. The largest absolute Gasteiger partial charge is 0.340 e. The van der Waals surface area contributed by atoms with E-state index in [-0.39, 0.29) is 11.8 Å². The minimum absolute atomic E-state index is 0.0894. The molecule has 29 heavy (non-hydrogen) atoms. The Balaban J connectivity index is 1.71. The van der Waals surface area contributed by atoms with Crippen molar-refractivity contribution < 1.29 is 4.79 Å². The summed E-state index contributed by atoms with van der Waals surface area (Å²) in [5, 5.41) is 3.39. The monoisotopic (exact) mass is 393 g/mol. The van der Waals surface area contributed by atoms with Crippen molar-refractivity contribution in [2.75, 3.05) is 39.0 Å². The van der Waals surface area contributed by atoms with Crippen LogP contribution in [-0.4, -0.2) is 59.4 Å². The van der Waals surface area contributed by atoms with Gasteiger partial charge in [0.1, 0.15) is 5.82 Å². The van der Waals surface area contributed by atoms with Crippen LogP contribution in [0.2, 0.25) is 0 Å². The molecular weight excluding hydrogens is 362 g/mol. The van der Waals surface area contributed by atoms with Crippen LogP contribution in [0, 0.1) is 13.8 Å². The van der Waals surface area contributed by atoms with E-state index in [0.717, 1.165) is 54.5 Å². The van der Waals surface area contributed by atoms with Crippen LogP contribution in [0.25, 0.3) is 0 Å². The number of amides is 1. The SMILES string of the molecule is Cc1cccc(Nc2cc(C)nc([C@H]3CCCN(C(=O)/C=C/CN(C)C)C3)c2)n1. The van der Waals surface area contributed by atoms with Crippen LogP contribution in [0.15, 0.2) is 42.5 Å². The highest BCUT2D eigenvalue weighted by Crippen LogP contribution is 2.28. The van der Waals surface area contributed by atoms with Gasteiger partial charge in [-0.05, 0) is 65.0 Å². The van der Waals surface area contributed by atoms with Gasteiger partial charge in [-0.1, -0.05) is 12.1 Å². The number of carbonyl (C=O) groups excluding carboxylic acids is 1. The van der Waals surface area contributed by atoms with Crippen molar-refractivity contribution in [1.29, 1.82) is 0 Å². The second-order valence-electron chi connectivity index (χ2n) is 8.00. The van der Waals surface area contributed by atoms with Gasteiger partial charge >= 0.3 is 0 Å². The van der Waals surface area contributed by atoms with Crippen molar-refractivity contribution in [3.05, 3.63) is 59.6 Å². The lowest BCUT2D eigenvalue weighted by Gasteiger charge is -2.32. The molecule has 1 aliphatic heterocycles. The lowest BCUT2D eigenvalue weighted by molar-refractivity contribution is -0.127. The van der Waals surface area contributed by atoms with E-state index in [1.807, 2.05) is 68.1 Å². The molecule has 0 bridgehead atoms. The molecule has 0 aromatic carbocycles. The van der Waals surface area contributed by atoms with Crippen molar-refractivity contribution in [2.24, 2.45) is 0 Å². The number of aromatic nitrogens is 2.